The van der Waals surface area contributed by atoms with E-state index >= 15 is 0 Å². The van der Waals surface area contributed by atoms with E-state index in [1.54, 1.807) is 49.7 Å². The van der Waals surface area contributed by atoms with E-state index in [-0.39, 0.29) is 14.9 Å². The van der Waals surface area contributed by atoms with Crippen LogP contribution in [0.1, 0.15) is 95.6 Å². The zero-order valence-electron chi connectivity index (χ0n) is 12.0. The zero-order valence-corrected chi connectivity index (χ0v) is 12.0. The highest BCUT2D eigenvalue weighted by Crippen LogP contribution is 2.52. The van der Waals surface area contributed by atoms with Crippen molar-refractivity contribution in [2.75, 3.05) is 0 Å². The van der Waals surface area contributed by atoms with E-state index < -0.39 is 0 Å². The van der Waals surface area contributed by atoms with Crippen LogP contribution >= 0.6 is 0 Å². The largest absolute Gasteiger partial charge is 0.0776 e. The van der Waals surface area contributed by atoms with E-state index in [9.17, 15) is 0 Å². The van der Waals surface area contributed by atoms with Gasteiger partial charge in [0.05, 0.1) is 0 Å². The molecule has 0 radical (unpaired) electrons. The average molecular weight is 287 g/mol. The first-order valence-electron chi connectivity index (χ1n) is 8.49. The first kappa shape index (κ1) is 16.6. The third-order valence-electron chi connectivity index (χ3n) is 6.26. The summed E-state index contributed by atoms with van der Waals surface area (Å²) in [5.41, 5.74) is 3.31. The molecular weight excluding hydrogens is 252 g/mol. The number of hydrogen-bond acceptors (Lipinski definition) is 0. The molecule has 5 aliphatic carbocycles. The van der Waals surface area contributed by atoms with Crippen molar-refractivity contribution in [3.05, 3.63) is 35.4 Å². The molecule has 4 fully saturated rings. The molecule has 0 N–H and O–H groups in total. The van der Waals surface area contributed by atoms with Gasteiger partial charge in [-0.3, -0.25) is 0 Å². The topological polar surface area (TPSA) is 0 Å². The lowest BCUT2D eigenvalue weighted by molar-refractivity contribution is 0.176. The first-order valence-corrected chi connectivity index (χ1v) is 8.49. The third-order valence-corrected chi connectivity index (χ3v) is 6.26. The second kappa shape index (κ2) is 6.99. The summed E-state index contributed by atoms with van der Waals surface area (Å²) in [5.74, 6) is 4.16. The predicted molar refractivity (Wildman–Crippen MR) is 93.9 cm³/mol. The number of rotatable bonds is 0. The second-order valence-corrected chi connectivity index (χ2v) is 7.30. The molecule has 21 heavy (non-hydrogen) atoms. The molecular formula is C21H34. The molecule has 5 aliphatic rings. The van der Waals surface area contributed by atoms with Gasteiger partial charge >= 0.3 is 0 Å². The van der Waals surface area contributed by atoms with Gasteiger partial charge < -0.3 is 0 Å². The second-order valence-electron chi connectivity index (χ2n) is 7.30. The van der Waals surface area contributed by atoms with Crippen molar-refractivity contribution in [1.82, 2.24) is 0 Å². The summed E-state index contributed by atoms with van der Waals surface area (Å²) in [7, 11) is 0. The van der Waals surface area contributed by atoms with E-state index in [0.29, 0.717) is 0 Å². The van der Waals surface area contributed by atoms with Gasteiger partial charge in [-0.1, -0.05) is 77.6 Å². The Balaban J connectivity index is 0.000000146. The van der Waals surface area contributed by atoms with E-state index in [1.807, 2.05) is 0 Å². The van der Waals surface area contributed by atoms with E-state index in [4.69, 9.17) is 0 Å². The lowest BCUT2D eigenvalue weighted by Crippen LogP contribution is -2.21. The Labute approximate surface area is 132 Å². The molecule has 1 aromatic carbocycles. The first-order chi connectivity index (χ1) is 9.40. The summed E-state index contributed by atoms with van der Waals surface area (Å²) in [6.07, 6.45) is 13.7. The Morgan fingerprint density at radius 2 is 0.952 bits per heavy atom. The SMILES string of the molecule is C.C.C1CC2CCC1CC2.c1ccc2c(c1)C1CCC2C1. The summed E-state index contributed by atoms with van der Waals surface area (Å²) < 4.78 is 0. The maximum absolute atomic E-state index is 2.32. The molecule has 2 unspecified atom stereocenters. The lowest BCUT2D eigenvalue weighted by atomic mass is 9.71. The van der Waals surface area contributed by atoms with Crippen molar-refractivity contribution < 1.29 is 0 Å². The average Bonchev–Trinajstić information content (AvgIpc) is 3.12. The minimum absolute atomic E-state index is 0. The maximum atomic E-state index is 2.32. The van der Waals surface area contributed by atoms with Crippen LogP contribution in [0.3, 0.4) is 0 Å². The fraction of sp³-hybridized carbons (Fsp3) is 0.714. The number of benzene rings is 1. The molecule has 0 aromatic heterocycles. The highest BCUT2D eigenvalue weighted by Gasteiger charge is 2.35. The van der Waals surface area contributed by atoms with Gasteiger partial charge in [0.25, 0.3) is 0 Å². The maximum Gasteiger partial charge on any atom is -0.0153 e. The summed E-state index contributed by atoms with van der Waals surface area (Å²) in [4.78, 5) is 0. The van der Waals surface area contributed by atoms with Crippen LogP contribution in [0, 0.1) is 11.8 Å². The molecule has 0 saturated heterocycles. The van der Waals surface area contributed by atoms with Gasteiger partial charge in [0.2, 0.25) is 0 Å². The molecule has 2 atom stereocenters. The van der Waals surface area contributed by atoms with Crippen LogP contribution in [-0.4, -0.2) is 0 Å². The van der Waals surface area contributed by atoms with Crippen LogP contribution in [0.5, 0.6) is 0 Å². The van der Waals surface area contributed by atoms with Crippen molar-refractivity contribution in [2.45, 2.75) is 84.5 Å². The zero-order chi connectivity index (χ0) is 12.7. The quantitative estimate of drug-likeness (QED) is 0.486. The molecule has 0 heteroatoms. The lowest BCUT2D eigenvalue weighted by Gasteiger charge is -2.35. The third kappa shape index (κ3) is 3.20. The highest BCUT2D eigenvalue weighted by atomic mass is 14.4. The molecule has 4 saturated carbocycles. The van der Waals surface area contributed by atoms with Gasteiger partial charge in [-0.2, -0.15) is 0 Å². The van der Waals surface area contributed by atoms with Gasteiger partial charge in [0.1, 0.15) is 0 Å². The molecule has 0 nitrogen and oxygen atoms in total. The number of fused-ring (bicyclic) bond motifs is 8. The van der Waals surface area contributed by atoms with Gasteiger partial charge in [-0.15, -0.1) is 0 Å². The van der Waals surface area contributed by atoms with Crippen LogP contribution in [0.15, 0.2) is 24.3 Å². The van der Waals surface area contributed by atoms with Crippen molar-refractivity contribution >= 4 is 0 Å². The van der Waals surface area contributed by atoms with Crippen molar-refractivity contribution in [1.29, 1.82) is 0 Å². The minimum atomic E-state index is 0. The Morgan fingerprint density at radius 3 is 1.29 bits per heavy atom. The Hall–Kier alpha value is -0.780. The molecule has 118 valence electrons. The van der Waals surface area contributed by atoms with Crippen LogP contribution < -0.4 is 0 Å². The molecule has 0 spiro atoms. The van der Waals surface area contributed by atoms with Gasteiger partial charge in [-0.05, 0) is 54.1 Å². The monoisotopic (exact) mass is 286 g/mol. The Bertz CT molecular complexity index is 387. The smallest absolute Gasteiger partial charge is 0.0153 e. The number of hydrogen-bond donors (Lipinski definition) is 0. The molecule has 0 aliphatic heterocycles. The standard InChI is InChI=1S/C11H12.C8H14.2CH4/c1-2-4-11-9-6-5-8(7-9)10(11)3-1;1-2-8-5-3-7(1)4-6-8;;/h1-4,8-9H,5-7H2;7-8H,1-6H2;2*1H4. The highest BCUT2D eigenvalue weighted by molar-refractivity contribution is 5.40. The van der Waals surface area contributed by atoms with Crippen LogP contribution in [0.4, 0.5) is 0 Å². The van der Waals surface area contributed by atoms with Crippen LogP contribution in [-0.2, 0) is 0 Å². The van der Waals surface area contributed by atoms with Gasteiger partial charge in [0, 0.05) is 0 Å². The van der Waals surface area contributed by atoms with Gasteiger partial charge in [-0.25, -0.2) is 0 Å². The summed E-state index contributed by atoms with van der Waals surface area (Å²) in [5, 5.41) is 0. The fourth-order valence-electron chi connectivity index (χ4n) is 5.08. The van der Waals surface area contributed by atoms with E-state index in [0.717, 1.165) is 23.7 Å². The molecule has 4 bridgehead atoms. The Morgan fingerprint density at radius 1 is 0.571 bits per heavy atom. The van der Waals surface area contributed by atoms with Crippen molar-refractivity contribution in [3.8, 4) is 0 Å². The molecule has 0 amide bonds. The van der Waals surface area contributed by atoms with Gasteiger partial charge in [0.15, 0.2) is 0 Å². The summed E-state index contributed by atoms with van der Waals surface area (Å²) in [6.45, 7) is 0. The normalized spacial score (nSPS) is 34.1. The molecule has 1 aromatic rings. The molecule has 6 rings (SSSR count). The predicted octanol–water partition coefficient (Wildman–Crippen LogP) is 6.91. The van der Waals surface area contributed by atoms with Crippen LogP contribution in [0.25, 0.3) is 0 Å². The minimum Gasteiger partial charge on any atom is -0.0776 e. The van der Waals surface area contributed by atoms with Crippen molar-refractivity contribution in [2.24, 2.45) is 11.8 Å². The summed E-state index contributed by atoms with van der Waals surface area (Å²) in [6, 6.07) is 9.00. The molecule has 0 heterocycles. The van der Waals surface area contributed by atoms with E-state index in [2.05, 4.69) is 24.3 Å². The fourth-order valence-corrected chi connectivity index (χ4v) is 5.08. The van der Waals surface area contributed by atoms with E-state index in [1.165, 1.54) is 19.3 Å². The summed E-state index contributed by atoms with van der Waals surface area (Å²) >= 11 is 0. The Kier molecular flexibility index (Phi) is 5.52. The van der Waals surface area contributed by atoms with Crippen molar-refractivity contribution in [3.63, 3.8) is 0 Å². The van der Waals surface area contributed by atoms with Crippen LogP contribution in [0.2, 0.25) is 0 Å².